The van der Waals surface area contributed by atoms with Gasteiger partial charge in [-0.05, 0) is 24.5 Å². The lowest BCUT2D eigenvalue weighted by Crippen LogP contribution is -2.02. The highest BCUT2D eigenvalue weighted by molar-refractivity contribution is 5.72. The Bertz CT molecular complexity index is 591. The second kappa shape index (κ2) is 4.65. The van der Waals surface area contributed by atoms with Crippen LogP contribution in [-0.2, 0) is 0 Å². The van der Waals surface area contributed by atoms with Gasteiger partial charge >= 0.3 is 0 Å². The van der Waals surface area contributed by atoms with Gasteiger partial charge in [-0.3, -0.25) is 4.57 Å². The summed E-state index contributed by atoms with van der Waals surface area (Å²) < 4.78 is 2.13. The Morgan fingerprint density at radius 1 is 1.22 bits per heavy atom. The van der Waals surface area contributed by atoms with Crippen molar-refractivity contribution in [2.45, 2.75) is 13.3 Å². The molecule has 0 saturated heterocycles. The summed E-state index contributed by atoms with van der Waals surface area (Å²) in [6.07, 6.45) is 11.7. The fraction of sp³-hybridized carbons (Fsp3) is 0.188. The molecule has 18 heavy (non-hydrogen) atoms. The number of hydrogen-bond acceptors (Lipinski definition) is 1. The number of allylic oxidation sites excluding steroid dienone is 4. The molecule has 0 N–H and O–H groups in total. The molecule has 1 heterocycles. The molecule has 2 heteroatoms. The lowest BCUT2D eigenvalue weighted by molar-refractivity contribution is 0.738. The molecule has 0 saturated carbocycles. The maximum Gasteiger partial charge on any atom is 0.144 e. The second-order valence-corrected chi connectivity index (χ2v) is 4.69. The van der Waals surface area contributed by atoms with Gasteiger partial charge in [-0.2, -0.15) is 0 Å². The molecule has 0 spiro atoms. The van der Waals surface area contributed by atoms with Crippen molar-refractivity contribution in [3.8, 4) is 5.69 Å². The predicted molar refractivity (Wildman–Crippen MR) is 74.5 cm³/mol. The van der Waals surface area contributed by atoms with Gasteiger partial charge in [0.1, 0.15) is 5.82 Å². The molecule has 2 aromatic rings. The SMILES string of the molecule is CC1C=C(c2nccn2-c2ccccc2)C=CC1. The number of para-hydroxylation sites is 1. The predicted octanol–water partition coefficient (Wildman–Crippen LogP) is 3.85. The number of aromatic nitrogens is 2. The van der Waals surface area contributed by atoms with E-state index in [0.29, 0.717) is 5.92 Å². The van der Waals surface area contributed by atoms with Crippen molar-refractivity contribution >= 4 is 5.57 Å². The summed E-state index contributed by atoms with van der Waals surface area (Å²) in [5.74, 6) is 1.61. The number of rotatable bonds is 2. The summed E-state index contributed by atoms with van der Waals surface area (Å²) >= 11 is 0. The Morgan fingerprint density at radius 3 is 2.83 bits per heavy atom. The topological polar surface area (TPSA) is 17.8 Å². The van der Waals surface area contributed by atoms with Gasteiger partial charge < -0.3 is 0 Å². The van der Waals surface area contributed by atoms with E-state index >= 15 is 0 Å². The normalized spacial score (nSPS) is 18.7. The van der Waals surface area contributed by atoms with E-state index < -0.39 is 0 Å². The van der Waals surface area contributed by atoms with Crippen molar-refractivity contribution in [2.24, 2.45) is 5.92 Å². The van der Waals surface area contributed by atoms with Gasteiger partial charge in [0.25, 0.3) is 0 Å². The Balaban J connectivity index is 2.05. The maximum absolute atomic E-state index is 4.49. The van der Waals surface area contributed by atoms with Crippen molar-refractivity contribution in [2.75, 3.05) is 0 Å². The highest BCUT2D eigenvalue weighted by Crippen LogP contribution is 2.25. The van der Waals surface area contributed by atoms with Gasteiger partial charge in [-0.15, -0.1) is 0 Å². The van der Waals surface area contributed by atoms with Crippen LogP contribution in [0.3, 0.4) is 0 Å². The zero-order valence-electron chi connectivity index (χ0n) is 10.5. The van der Waals surface area contributed by atoms with Gasteiger partial charge in [0.05, 0.1) is 0 Å². The largest absolute Gasteiger partial charge is 0.300 e. The first-order valence-electron chi connectivity index (χ1n) is 6.32. The standard InChI is InChI=1S/C16H16N2/c1-13-6-5-7-14(12-13)16-17-10-11-18(16)15-8-3-2-4-9-15/h2-5,7-13H,6H2,1H3. The molecule has 1 aliphatic rings. The summed E-state index contributed by atoms with van der Waals surface area (Å²) in [7, 11) is 0. The van der Waals surface area contributed by atoms with Crippen LogP contribution in [0.15, 0.2) is 61.0 Å². The quantitative estimate of drug-likeness (QED) is 0.774. The lowest BCUT2D eigenvalue weighted by Gasteiger charge is -2.13. The van der Waals surface area contributed by atoms with Crippen LogP contribution in [0, 0.1) is 5.92 Å². The monoisotopic (exact) mass is 236 g/mol. The van der Waals surface area contributed by atoms with Crippen LogP contribution in [0.25, 0.3) is 11.3 Å². The molecule has 3 rings (SSSR count). The van der Waals surface area contributed by atoms with Crippen LogP contribution in [0.2, 0.25) is 0 Å². The van der Waals surface area contributed by atoms with E-state index in [9.17, 15) is 0 Å². The van der Waals surface area contributed by atoms with E-state index in [-0.39, 0.29) is 0 Å². The molecule has 1 unspecified atom stereocenters. The Hall–Kier alpha value is -2.09. The van der Waals surface area contributed by atoms with Gasteiger partial charge in [-0.25, -0.2) is 4.98 Å². The molecular formula is C16H16N2. The van der Waals surface area contributed by atoms with Gasteiger partial charge in [0.15, 0.2) is 0 Å². The molecule has 90 valence electrons. The van der Waals surface area contributed by atoms with Crippen LogP contribution in [0.5, 0.6) is 0 Å². The molecule has 2 nitrogen and oxygen atoms in total. The van der Waals surface area contributed by atoms with Crippen LogP contribution >= 0.6 is 0 Å². The first-order chi connectivity index (χ1) is 8.84. The molecule has 1 aromatic carbocycles. The summed E-state index contributed by atoms with van der Waals surface area (Å²) in [6.45, 7) is 2.24. The van der Waals surface area contributed by atoms with E-state index in [1.807, 2.05) is 30.6 Å². The fourth-order valence-corrected chi connectivity index (χ4v) is 2.30. The fourth-order valence-electron chi connectivity index (χ4n) is 2.30. The average Bonchev–Trinajstić information content (AvgIpc) is 2.89. The molecular weight excluding hydrogens is 220 g/mol. The highest BCUT2D eigenvalue weighted by atomic mass is 15.1. The number of imidazole rings is 1. The van der Waals surface area contributed by atoms with Crippen molar-refractivity contribution in [1.82, 2.24) is 9.55 Å². The molecule has 0 radical (unpaired) electrons. The van der Waals surface area contributed by atoms with E-state index in [4.69, 9.17) is 0 Å². The van der Waals surface area contributed by atoms with Crippen molar-refractivity contribution < 1.29 is 0 Å². The minimum absolute atomic E-state index is 0.589. The minimum atomic E-state index is 0.589. The molecule has 1 atom stereocenters. The molecule has 0 amide bonds. The summed E-state index contributed by atoms with van der Waals surface area (Å²) in [5.41, 5.74) is 2.36. The first-order valence-corrected chi connectivity index (χ1v) is 6.32. The van der Waals surface area contributed by atoms with Crippen LogP contribution in [-0.4, -0.2) is 9.55 Å². The van der Waals surface area contributed by atoms with Gasteiger partial charge in [0, 0.05) is 23.7 Å². The van der Waals surface area contributed by atoms with Crippen LogP contribution < -0.4 is 0 Å². The third-order valence-electron chi connectivity index (χ3n) is 3.20. The summed E-state index contributed by atoms with van der Waals surface area (Å²) in [5, 5.41) is 0. The lowest BCUT2D eigenvalue weighted by atomic mass is 9.97. The maximum atomic E-state index is 4.49. The molecule has 0 fully saturated rings. The number of hydrogen-bond donors (Lipinski definition) is 0. The average molecular weight is 236 g/mol. The third-order valence-corrected chi connectivity index (χ3v) is 3.20. The Labute approximate surface area is 107 Å². The third kappa shape index (κ3) is 2.02. The minimum Gasteiger partial charge on any atom is -0.300 e. The first kappa shape index (κ1) is 11.0. The van der Waals surface area contributed by atoms with Crippen LogP contribution in [0.1, 0.15) is 19.2 Å². The zero-order valence-corrected chi connectivity index (χ0v) is 10.5. The van der Waals surface area contributed by atoms with Gasteiger partial charge in [0.2, 0.25) is 0 Å². The molecule has 0 bridgehead atoms. The Kier molecular flexibility index (Phi) is 2.85. The Morgan fingerprint density at radius 2 is 2.06 bits per heavy atom. The zero-order chi connectivity index (χ0) is 12.4. The van der Waals surface area contributed by atoms with Crippen molar-refractivity contribution in [3.05, 3.63) is 66.8 Å². The molecule has 1 aliphatic carbocycles. The smallest absolute Gasteiger partial charge is 0.144 e. The van der Waals surface area contributed by atoms with Gasteiger partial charge in [-0.1, -0.05) is 43.4 Å². The van der Waals surface area contributed by atoms with E-state index in [1.165, 1.54) is 5.57 Å². The number of benzene rings is 1. The molecule has 1 aromatic heterocycles. The number of nitrogens with zero attached hydrogens (tertiary/aromatic N) is 2. The van der Waals surface area contributed by atoms with Crippen molar-refractivity contribution in [3.63, 3.8) is 0 Å². The van der Waals surface area contributed by atoms with E-state index in [0.717, 1.165) is 17.9 Å². The van der Waals surface area contributed by atoms with Crippen LogP contribution in [0.4, 0.5) is 0 Å². The summed E-state index contributed by atoms with van der Waals surface area (Å²) in [6, 6.07) is 10.3. The highest BCUT2D eigenvalue weighted by Gasteiger charge is 2.11. The molecule has 0 aliphatic heterocycles. The van der Waals surface area contributed by atoms with Crippen molar-refractivity contribution in [1.29, 1.82) is 0 Å². The van der Waals surface area contributed by atoms with E-state index in [1.54, 1.807) is 0 Å². The van der Waals surface area contributed by atoms with E-state index in [2.05, 4.69) is 46.8 Å². The summed E-state index contributed by atoms with van der Waals surface area (Å²) in [4.78, 5) is 4.49. The second-order valence-electron chi connectivity index (χ2n) is 4.69.